The third-order valence-electron chi connectivity index (χ3n) is 5.52. The van der Waals surface area contributed by atoms with Gasteiger partial charge in [0, 0.05) is 12.2 Å². The van der Waals surface area contributed by atoms with Crippen molar-refractivity contribution in [1.82, 2.24) is 0 Å². The fourth-order valence-electron chi connectivity index (χ4n) is 3.59. The summed E-state index contributed by atoms with van der Waals surface area (Å²) in [6, 6.07) is 8.02. The Bertz CT molecular complexity index is 512. The molecule has 3 nitrogen and oxygen atoms in total. The lowest BCUT2D eigenvalue weighted by Crippen LogP contribution is -2.25. The van der Waals surface area contributed by atoms with E-state index in [1.807, 2.05) is 24.3 Å². The Morgan fingerprint density at radius 3 is 1.86 bits per heavy atom. The van der Waals surface area contributed by atoms with Gasteiger partial charge in [-0.1, -0.05) is 84.5 Å². The molecule has 1 rings (SSSR count). The summed E-state index contributed by atoms with van der Waals surface area (Å²) in [6.45, 7) is 7.13. The Morgan fingerprint density at radius 2 is 1.31 bits per heavy atom. The molecule has 0 spiro atoms. The molecule has 1 N–H and O–H groups in total. The Kier molecular flexibility index (Phi) is 15.3. The number of carbonyl (C=O) groups excluding carboxylic acids is 1. The zero-order valence-electron chi connectivity index (χ0n) is 19.3. The second-order valence-corrected chi connectivity index (χ2v) is 8.35. The molecular formula is C26H45NO2. The van der Waals surface area contributed by atoms with Crippen LogP contribution in [0, 0.1) is 0 Å². The van der Waals surface area contributed by atoms with E-state index in [1.54, 1.807) is 6.92 Å². The lowest BCUT2D eigenvalue weighted by Gasteiger charge is -2.17. The second kappa shape index (κ2) is 17.4. The molecule has 3 heteroatoms. The number of ketones is 1. The molecule has 166 valence electrons. The van der Waals surface area contributed by atoms with Crippen LogP contribution in [-0.2, 0) is 4.79 Å². The smallest absolute Gasteiger partial charge is 0.170 e. The first kappa shape index (κ1) is 25.5. The van der Waals surface area contributed by atoms with Crippen LogP contribution in [0.3, 0.4) is 0 Å². The van der Waals surface area contributed by atoms with Crippen molar-refractivity contribution in [1.29, 1.82) is 0 Å². The quantitative estimate of drug-likeness (QED) is 0.238. The second-order valence-electron chi connectivity index (χ2n) is 8.35. The van der Waals surface area contributed by atoms with Gasteiger partial charge in [0.05, 0.1) is 0 Å². The van der Waals surface area contributed by atoms with Crippen molar-refractivity contribution >= 4 is 11.5 Å². The van der Waals surface area contributed by atoms with Crippen LogP contribution in [-0.4, -0.2) is 18.4 Å². The van der Waals surface area contributed by atoms with Crippen LogP contribution in [0.15, 0.2) is 24.3 Å². The summed E-state index contributed by atoms with van der Waals surface area (Å²) in [7, 11) is 0. The summed E-state index contributed by atoms with van der Waals surface area (Å²) in [5.41, 5.74) is 1.11. The highest BCUT2D eigenvalue weighted by Crippen LogP contribution is 2.20. The fraction of sp³-hybridized carbons (Fsp3) is 0.731. The number of Topliss-reactive ketones (excluding diaryl/α,β-unsaturated/α-hetero) is 1. The van der Waals surface area contributed by atoms with Crippen molar-refractivity contribution in [2.24, 2.45) is 0 Å². The topological polar surface area (TPSA) is 38.3 Å². The number of nitrogens with one attached hydrogen (secondary N) is 1. The van der Waals surface area contributed by atoms with Gasteiger partial charge in [0.15, 0.2) is 11.9 Å². The van der Waals surface area contributed by atoms with Gasteiger partial charge >= 0.3 is 0 Å². The Hall–Kier alpha value is -1.51. The summed E-state index contributed by atoms with van der Waals surface area (Å²) in [5, 5.41) is 3.43. The Labute approximate surface area is 180 Å². The molecule has 0 bridgehead atoms. The van der Waals surface area contributed by atoms with Crippen molar-refractivity contribution in [3.05, 3.63) is 24.3 Å². The Morgan fingerprint density at radius 1 is 0.793 bits per heavy atom. The number of rotatable bonds is 19. The molecule has 0 fully saturated rings. The van der Waals surface area contributed by atoms with Gasteiger partial charge in [-0.2, -0.15) is 0 Å². The molecule has 0 heterocycles. The summed E-state index contributed by atoms with van der Waals surface area (Å²) < 4.78 is 5.98. The molecule has 0 aliphatic heterocycles. The third kappa shape index (κ3) is 13.4. The molecule has 1 aromatic rings. The SMILES string of the molecule is CCCCCCCCCCCCC(Oc1ccc(NCCCCC)cc1)C(C)=O. The molecule has 0 aliphatic rings. The summed E-state index contributed by atoms with van der Waals surface area (Å²) in [4.78, 5) is 12.0. The zero-order chi connectivity index (χ0) is 21.2. The highest BCUT2D eigenvalue weighted by molar-refractivity contribution is 5.80. The number of hydrogen-bond donors (Lipinski definition) is 1. The van der Waals surface area contributed by atoms with E-state index in [4.69, 9.17) is 4.74 Å². The first-order valence-corrected chi connectivity index (χ1v) is 12.2. The largest absolute Gasteiger partial charge is 0.483 e. The number of benzene rings is 1. The zero-order valence-corrected chi connectivity index (χ0v) is 19.3. The van der Waals surface area contributed by atoms with Gasteiger partial charge in [-0.15, -0.1) is 0 Å². The lowest BCUT2D eigenvalue weighted by atomic mass is 10.0. The maximum absolute atomic E-state index is 12.0. The molecule has 0 radical (unpaired) electrons. The van der Waals surface area contributed by atoms with Gasteiger partial charge < -0.3 is 10.1 Å². The van der Waals surface area contributed by atoms with E-state index in [2.05, 4.69) is 19.2 Å². The molecular weight excluding hydrogens is 358 g/mol. The van der Waals surface area contributed by atoms with Gasteiger partial charge in [0.25, 0.3) is 0 Å². The van der Waals surface area contributed by atoms with Crippen LogP contribution in [0.2, 0.25) is 0 Å². The van der Waals surface area contributed by atoms with Crippen LogP contribution >= 0.6 is 0 Å². The van der Waals surface area contributed by atoms with E-state index in [1.165, 1.54) is 77.0 Å². The van der Waals surface area contributed by atoms with Crippen LogP contribution in [0.5, 0.6) is 5.75 Å². The minimum Gasteiger partial charge on any atom is -0.483 e. The minimum atomic E-state index is -0.313. The van der Waals surface area contributed by atoms with Crippen molar-refractivity contribution < 1.29 is 9.53 Å². The number of unbranched alkanes of at least 4 members (excludes halogenated alkanes) is 11. The number of carbonyl (C=O) groups is 1. The first-order chi connectivity index (χ1) is 14.2. The van der Waals surface area contributed by atoms with Crippen LogP contribution in [0.4, 0.5) is 5.69 Å². The van der Waals surface area contributed by atoms with Crippen LogP contribution in [0.25, 0.3) is 0 Å². The van der Waals surface area contributed by atoms with E-state index >= 15 is 0 Å². The summed E-state index contributed by atoms with van der Waals surface area (Å²) >= 11 is 0. The highest BCUT2D eigenvalue weighted by atomic mass is 16.5. The van der Waals surface area contributed by atoms with Crippen LogP contribution in [0.1, 0.15) is 111 Å². The van der Waals surface area contributed by atoms with Gasteiger partial charge in [0.1, 0.15) is 5.75 Å². The predicted octanol–water partition coefficient (Wildman–Crippen LogP) is 7.94. The normalized spacial score (nSPS) is 12.0. The lowest BCUT2D eigenvalue weighted by molar-refractivity contribution is -0.123. The first-order valence-electron chi connectivity index (χ1n) is 12.2. The van der Waals surface area contributed by atoms with E-state index in [-0.39, 0.29) is 11.9 Å². The predicted molar refractivity (Wildman–Crippen MR) is 126 cm³/mol. The molecule has 0 aliphatic carbocycles. The molecule has 1 unspecified atom stereocenters. The molecule has 0 saturated heterocycles. The minimum absolute atomic E-state index is 0.127. The van der Waals surface area contributed by atoms with Crippen molar-refractivity contribution in [2.45, 2.75) is 117 Å². The van der Waals surface area contributed by atoms with Gasteiger partial charge in [0.2, 0.25) is 0 Å². The highest BCUT2D eigenvalue weighted by Gasteiger charge is 2.15. The monoisotopic (exact) mass is 403 g/mol. The summed E-state index contributed by atoms with van der Waals surface area (Å²) in [5.74, 6) is 0.916. The van der Waals surface area contributed by atoms with E-state index in [9.17, 15) is 4.79 Å². The van der Waals surface area contributed by atoms with Gasteiger partial charge in [-0.3, -0.25) is 4.79 Å². The molecule has 0 aromatic heterocycles. The average Bonchev–Trinajstić information content (AvgIpc) is 2.72. The van der Waals surface area contributed by atoms with Crippen LogP contribution < -0.4 is 10.1 Å². The molecule has 0 amide bonds. The number of hydrogen-bond acceptors (Lipinski definition) is 3. The number of ether oxygens (including phenoxy) is 1. The number of anilines is 1. The standard InChI is InChI=1S/C26H45NO2/c1-4-6-8-9-10-11-12-13-14-15-17-26(23(3)28)29-25-20-18-24(19-21-25)27-22-16-7-5-2/h18-21,26-27H,4-17,22H2,1-3H3. The van der Waals surface area contributed by atoms with Gasteiger partial charge in [-0.05, 0) is 50.5 Å². The van der Waals surface area contributed by atoms with Crippen molar-refractivity contribution in [3.63, 3.8) is 0 Å². The Balaban J connectivity index is 2.20. The average molecular weight is 404 g/mol. The maximum Gasteiger partial charge on any atom is 0.170 e. The maximum atomic E-state index is 12.0. The molecule has 29 heavy (non-hydrogen) atoms. The van der Waals surface area contributed by atoms with E-state index < -0.39 is 0 Å². The van der Waals surface area contributed by atoms with Crippen molar-refractivity contribution in [3.8, 4) is 5.75 Å². The van der Waals surface area contributed by atoms with E-state index in [0.29, 0.717) is 0 Å². The van der Waals surface area contributed by atoms with Gasteiger partial charge in [-0.25, -0.2) is 0 Å². The third-order valence-corrected chi connectivity index (χ3v) is 5.52. The van der Waals surface area contributed by atoms with Crippen molar-refractivity contribution in [2.75, 3.05) is 11.9 Å². The molecule has 1 aromatic carbocycles. The van der Waals surface area contributed by atoms with E-state index in [0.717, 1.165) is 30.8 Å². The molecule has 0 saturated carbocycles. The fourth-order valence-corrected chi connectivity index (χ4v) is 3.59. The molecule has 1 atom stereocenters. The summed E-state index contributed by atoms with van der Waals surface area (Å²) in [6.07, 6.45) is 17.3.